The van der Waals surface area contributed by atoms with Gasteiger partial charge in [-0.2, -0.15) is 5.10 Å². The lowest BCUT2D eigenvalue weighted by atomic mass is 9.93. The summed E-state index contributed by atoms with van der Waals surface area (Å²) in [6.07, 6.45) is 4.39. The van der Waals surface area contributed by atoms with Crippen LogP contribution in [0.2, 0.25) is 5.02 Å². The van der Waals surface area contributed by atoms with Gasteiger partial charge in [0.15, 0.2) is 0 Å². The Morgan fingerprint density at radius 1 is 1.19 bits per heavy atom. The molecule has 8 heteroatoms. The molecule has 0 aliphatic carbocycles. The molecule has 2 saturated heterocycles. The van der Waals surface area contributed by atoms with Crippen LogP contribution in [0.4, 0.5) is 5.69 Å². The van der Waals surface area contributed by atoms with E-state index < -0.39 is 0 Å². The van der Waals surface area contributed by atoms with Crippen molar-refractivity contribution in [2.24, 2.45) is 7.05 Å². The van der Waals surface area contributed by atoms with Gasteiger partial charge in [0.25, 0.3) is 5.91 Å². The highest BCUT2D eigenvalue weighted by Gasteiger charge is 2.48. The van der Waals surface area contributed by atoms with Crippen molar-refractivity contribution in [3.63, 3.8) is 0 Å². The van der Waals surface area contributed by atoms with Crippen molar-refractivity contribution in [2.45, 2.75) is 12.0 Å². The van der Waals surface area contributed by atoms with Gasteiger partial charge in [-0.05, 0) is 37.7 Å². The average Bonchev–Trinajstić information content (AvgIpc) is 3.26. The van der Waals surface area contributed by atoms with E-state index in [-0.39, 0.29) is 17.4 Å². The topological polar surface area (TPSA) is 61.7 Å². The molecule has 2 aliphatic rings. The number of aryl methyl sites for hydroxylation is 1. The number of carbonyl (C=O) groups excluding carboxylic acids is 2. The molecule has 3 heterocycles. The van der Waals surface area contributed by atoms with Crippen molar-refractivity contribution in [3.8, 4) is 0 Å². The van der Waals surface area contributed by atoms with Crippen LogP contribution in [0.3, 0.4) is 0 Å². The van der Waals surface area contributed by atoms with Gasteiger partial charge >= 0.3 is 0 Å². The van der Waals surface area contributed by atoms with E-state index in [9.17, 15) is 9.59 Å². The number of likely N-dealkylation sites (N-methyl/N-ethyl adjacent to an activating group) is 1. The summed E-state index contributed by atoms with van der Waals surface area (Å²) in [4.78, 5) is 31.2. The third-order valence-corrected chi connectivity index (χ3v) is 5.90. The maximum atomic E-state index is 12.9. The van der Waals surface area contributed by atoms with Crippen molar-refractivity contribution in [3.05, 3.63) is 47.2 Å². The van der Waals surface area contributed by atoms with Crippen LogP contribution in [0.25, 0.3) is 0 Å². The lowest BCUT2D eigenvalue weighted by Gasteiger charge is -2.46. The first-order valence-electron chi connectivity index (χ1n) is 8.93. The van der Waals surface area contributed by atoms with Crippen molar-refractivity contribution in [2.75, 3.05) is 38.1 Å². The first kappa shape index (κ1) is 18.0. The van der Waals surface area contributed by atoms with E-state index in [2.05, 4.69) is 10.00 Å². The van der Waals surface area contributed by atoms with Crippen LogP contribution in [-0.2, 0) is 11.8 Å². The van der Waals surface area contributed by atoms with E-state index in [1.165, 1.54) is 0 Å². The van der Waals surface area contributed by atoms with E-state index >= 15 is 0 Å². The van der Waals surface area contributed by atoms with Gasteiger partial charge in [0.2, 0.25) is 5.91 Å². The summed E-state index contributed by atoms with van der Waals surface area (Å²) in [6, 6.07) is 6.98. The molecule has 4 rings (SSSR count). The Bertz CT molecular complexity index is 880. The molecule has 1 aromatic carbocycles. The quantitative estimate of drug-likeness (QED) is 0.786. The smallest absolute Gasteiger partial charge is 0.253 e. The number of benzene rings is 1. The molecule has 0 N–H and O–H groups in total. The summed E-state index contributed by atoms with van der Waals surface area (Å²) < 4.78 is 1.69. The zero-order chi connectivity index (χ0) is 19.2. The van der Waals surface area contributed by atoms with Crippen molar-refractivity contribution in [1.82, 2.24) is 19.6 Å². The van der Waals surface area contributed by atoms with Crippen LogP contribution in [0.15, 0.2) is 36.7 Å². The number of rotatable bonds is 2. The molecule has 27 heavy (non-hydrogen) atoms. The second-order valence-electron chi connectivity index (χ2n) is 7.42. The summed E-state index contributed by atoms with van der Waals surface area (Å²) in [7, 11) is 3.80. The first-order valence-corrected chi connectivity index (χ1v) is 9.31. The number of hydrogen-bond donors (Lipinski definition) is 0. The van der Waals surface area contributed by atoms with Gasteiger partial charge < -0.3 is 9.80 Å². The van der Waals surface area contributed by atoms with Gasteiger partial charge in [-0.1, -0.05) is 11.6 Å². The van der Waals surface area contributed by atoms with Crippen molar-refractivity contribution in [1.29, 1.82) is 0 Å². The molecule has 2 aliphatic heterocycles. The molecule has 142 valence electrons. The molecule has 0 bridgehead atoms. The molecule has 2 aromatic rings. The van der Waals surface area contributed by atoms with Crippen LogP contribution in [0, 0.1) is 0 Å². The second kappa shape index (κ2) is 6.65. The van der Waals surface area contributed by atoms with Crippen LogP contribution in [0.1, 0.15) is 16.8 Å². The highest BCUT2D eigenvalue weighted by atomic mass is 35.5. The molecule has 2 amide bonds. The third kappa shape index (κ3) is 3.21. The first-order chi connectivity index (χ1) is 12.9. The molecule has 2 fully saturated rings. The van der Waals surface area contributed by atoms with Gasteiger partial charge in [-0.15, -0.1) is 0 Å². The average molecular weight is 388 g/mol. The summed E-state index contributed by atoms with van der Waals surface area (Å²) >= 11 is 5.93. The molecular weight excluding hydrogens is 366 g/mol. The fourth-order valence-electron chi connectivity index (χ4n) is 3.99. The molecule has 7 nitrogen and oxygen atoms in total. The molecule has 1 spiro atoms. The summed E-state index contributed by atoms with van der Waals surface area (Å²) in [6.45, 7) is 2.15. The Balaban J connectivity index is 1.55. The Labute approximate surface area is 163 Å². The van der Waals surface area contributed by atoms with Crippen LogP contribution < -0.4 is 4.90 Å². The van der Waals surface area contributed by atoms with Crippen LogP contribution >= 0.6 is 11.6 Å². The van der Waals surface area contributed by atoms with Gasteiger partial charge in [0.1, 0.15) is 0 Å². The summed E-state index contributed by atoms with van der Waals surface area (Å²) in [5.41, 5.74) is 1.19. The maximum Gasteiger partial charge on any atom is 0.253 e. The van der Waals surface area contributed by atoms with Crippen LogP contribution in [0.5, 0.6) is 0 Å². The van der Waals surface area contributed by atoms with E-state index in [4.69, 9.17) is 11.6 Å². The van der Waals surface area contributed by atoms with Gasteiger partial charge in [0, 0.05) is 43.5 Å². The standard InChI is InChI=1S/C19H22ClN5O2/c1-22-11-17(26)25(16-9-21-23(2)10-16)13-19(22)7-8-24(12-19)18(27)14-3-5-15(20)6-4-14/h3-6,9-10H,7-8,11-13H2,1-2H3/t19-/m0/s1. The number of anilines is 1. The lowest BCUT2D eigenvalue weighted by molar-refractivity contribution is -0.123. The number of amides is 2. The highest BCUT2D eigenvalue weighted by Crippen LogP contribution is 2.34. The number of hydrogen-bond acceptors (Lipinski definition) is 4. The predicted octanol–water partition coefficient (Wildman–Crippen LogP) is 1.64. The van der Waals surface area contributed by atoms with E-state index in [1.807, 2.05) is 25.2 Å². The third-order valence-electron chi connectivity index (χ3n) is 5.65. The molecule has 0 radical (unpaired) electrons. The van der Waals surface area contributed by atoms with E-state index in [0.29, 0.717) is 36.8 Å². The highest BCUT2D eigenvalue weighted by molar-refractivity contribution is 6.30. The minimum atomic E-state index is -0.244. The van der Waals surface area contributed by atoms with E-state index in [0.717, 1.165) is 12.1 Å². The van der Waals surface area contributed by atoms with Crippen molar-refractivity contribution >= 4 is 29.1 Å². The lowest BCUT2D eigenvalue weighted by Crippen LogP contribution is -2.64. The Morgan fingerprint density at radius 3 is 2.59 bits per heavy atom. The number of nitrogens with zero attached hydrogens (tertiary/aromatic N) is 5. The Kier molecular flexibility index (Phi) is 4.44. The Morgan fingerprint density at radius 2 is 1.93 bits per heavy atom. The fourth-order valence-corrected chi connectivity index (χ4v) is 4.11. The zero-order valence-electron chi connectivity index (χ0n) is 15.4. The monoisotopic (exact) mass is 387 g/mol. The molecule has 0 unspecified atom stereocenters. The van der Waals surface area contributed by atoms with Gasteiger partial charge in [0.05, 0.1) is 24.0 Å². The van der Waals surface area contributed by atoms with Gasteiger partial charge in [-0.3, -0.25) is 19.2 Å². The minimum Gasteiger partial charge on any atom is -0.337 e. The SMILES string of the molecule is CN1CC(=O)N(c2cnn(C)c2)C[C@@]12CCN(C(=O)c1ccc(Cl)cc1)C2. The second-order valence-corrected chi connectivity index (χ2v) is 7.85. The van der Waals surface area contributed by atoms with Gasteiger partial charge in [-0.25, -0.2) is 0 Å². The number of likely N-dealkylation sites (tertiary alicyclic amines) is 1. The summed E-state index contributed by atoms with van der Waals surface area (Å²) in [5.74, 6) is 0.0559. The Hall–Kier alpha value is -2.38. The number of carbonyl (C=O) groups is 2. The maximum absolute atomic E-state index is 12.9. The summed E-state index contributed by atoms with van der Waals surface area (Å²) in [5, 5.41) is 4.80. The zero-order valence-corrected chi connectivity index (χ0v) is 16.2. The number of aromatic nitrogens is 2. The minimum absolute atomic E-state index is 0.00164. The normalized spacial score (nSPS) is 23.4. The molecule has 1 atom stereocenters. The molecular formula is C19H22ClN5O2. The van der Waals surface area contributed by atoms with E-state index in [1.54, 1.807) is 40.0 Å². The molecule has 0 saturated carbocycles. The predicted molar refractivity (Wildman–Crippen MR) is 103 cm³/mol. The van der Waals surface area contributed by atoms with Crippen LogP contribution in [-0.4, -0.2) is 70.2 Å². The molecule has 1 aromatic heterocycles. The largest absolute Gasteiger partial charge is 0.337 e. The number of halogens is 1. The van der Waals surface area contributed by atoms with Crippen molar-refractivity contribution < 1.29 is 9.59 Å². The number of piperazine rings is 1. The fraction of sp³-hybridized carbons (Fsp3) is 0.421.